The van der Waals surface area contributed by atoms with Gasteiger partial charge in [-0.3, -0.25) is 0 Å². The van der Waals surface area contributed by atoms with Crippen LogP contribution in [0.15, 0.2) is 23.3 Å². The van der Waals surface area contributed by atoms with Gasteiger partial charge in [0.15, 0.2) is 0 Å². The van der Waals surface area contributed by atoms with E-state index in [4.69, 9.17) is 0 Å². The summed E-state index contributed by atoms with van der Waals surface area (Å²) in [5.41, 5.74) is 2.98. The molecule has 82 valence electrons. The fourth-order valence-electron chi connectivity index (χ4n) is 1.28. The van der Waals surface area contributed by atoms with E-state index in [9.17, 15) is 0 Å². The molecule has 0 aliphatic carbocycles. The Hall–Kier alpha value is 0.210. The normalized spacial score (nSPS) is 11.6. The molecule has 0 bridgehead atoms. The van der Waals surface area contributed by atoms with Crippen LogP contribution in [0.25, 0.3) is 0 Å². The minimum atomic E-state index is 1.21. The van der Waals surface area contributed by atoms with Crippen molar-refractivity contribution in [3.63, 3.8) is 0 Å². The molecule has 0 aromatic carbocycles. The number of allylic oxidation sites excluding steroid dienone is 4. The Morgan fingerprint density at radius 2 is 1.71 bits per heavy atom. The summed E-state index contributed by atoms with van der Waals surface area (Å²) in [6, 6.07) is 0. The van der Waals surface area contributed by atoms with Crippen LogP contribution in [0.1, 0.15) is 52.9 Å². The predicted octanol–water partition coefficient (Wildman–Crippen LogP) is 5.28. The van der Waals surface area contributed by atoms with Crippen LogP contribution in [0.5, 0.6) is 0 Å². The fourth-order valence-corrected chi connectivity index (χ4v) is 1.82. The second-order valence-corrected chi connectivity index (χ2v) is 5.13. The number of hydrogen-bond acceptors (Lipinski definition) is 0. The molecule has 0 aromatic heterocycles. The molecule has 0 fully saturated rings. The molecule has 0 aliphatic heterocycles. The van der Waals surface area contributed by atoms with Crippen molar-refractivity contribution in [2.45, 2.75) is 52.9 Å². The van der Waals surface area contributed by atoms with E-state index in [1.807, 2.05) is 0 Å². The van der Waals surface area contributed by atoms with Crippen molar-refractivity contribution in [1.82, 2.24) is 0 Å². The Morgan fingerprint density at radius 3 is 2.29 bits per heavy atom. The molecule has 0 saturated heterocycles. The minimum Gasteiger partial charge on any atom is -0.0864 e. The van der Waals surface area contributed by atoms with Gasteiger partial charge in [-0.05, 0) is 57.3 Å². The number of hydrogen-bond donors (Lipinski definition) is 0. The van der Waals surface area contributed by atoms with Gasteiger partial charge in [0.1, 0.15) is 0 Å². The van der Waals surface area contributed by atoms with Crippen LogP contribution in [0, 0.1) is 0 Å². The largest absolute Gasteiger partial charge is 0.0864 e. The highest BCUT2D eigenvalue weighted by atomic mass is 127. The maximum Gasteiger partial charge on any atom is -0.000462 e. The number of alkyl halides is 1. The zero-order valence-electron chi connectivity index (χ0n) is 9.78. The summed E-state index contributed by atoms with van der Waals surface area (Å²) in [6.07, 6.45) is 11.1. The number of halogens is 1. The van der Waals surface area contributed by atoms with E-state index < -0.39 is 0 Å². The van der Waals surface area contributed by atoms with E-state index >= 15 is 0 Å². The highest BCUT2D eigenvalue weighted by Gasteiger charge is 1.89. The van der Waals surface area contributed by atoms with Crippen molar-refractivity contribution in [3.05, 3.63) is 23.3 Å². The third-order valence-electron chi connectivity index (χ3n) is 2.17. The van der Waals surface area contributed by atoms with E-state index in [0.29, 0.717) is 0 Å². The maximum atomic E-state index is 2.45. The molecule has 0 aliphatic rings. The highest BCUT2D eigenvalue weighted by Crippen LogP contribution is 2.09. The summed E-state index contributed by atoms with van der Waals surface area (Å²) in [7, 11) is 0. The maximum absolute atomic E-state index is 2.45. The Balaban J connectivity index is 3.52. The average Bonchev–Trinajstić information content (AvgIpc) is 2.12. The SMILES string of the molecule is CC(C)=CCC/C(C)=C/CCCCI. The van der Waals surface area contributed by atoms with Gasteiger partial charge in [0.05, 0.1) is 0 Å². The lowest BCUT2D eigenvalue weighted by molar-refractivity contribution is 0.818. The molecule has 14 heavy (non-hydrogen) atoms. The van der Waals surface area contributed by atoms with Crippen LogP contribution >= 0.6 is 22.6 Å². The third-order valence-corrected chi connectivity index (χ3v) is 2.93. The van der Waals surface area contributed by atoms with Crippen LogP contribution in [-0.2, 0) is 0 Å². The topological polar surface area (TPSA) is 0 Å². The number of unbranched alkanes of at least 4 members (excludes halogenated alkanes) is 2. The molecular weight excluding hydrogens is 283 g/mol. The zero-order chi connectivity index (χ0) is 10.8. The first kappa shape index (κ1) is 14.2. The second kappa shape index (κ2) is 9.75. The molecule has 0 unspecified atom stereocenters. The highest BCUT2D eigenvalue weighted by molar-refractivity contribution is 14.1. The van der Waals surface area contributed by atoms with Crippen LogP contribution in [0.3, 0.4) is 0 Å². The van der Waals surface area contributed by atoms with Crippen molar-refractivity contribution in [2.75, 3.05) is 4.43 Å². The van der Waals surface area contributed by atoms with Gasteiger partial charge in [0, 0.05) is 0 Å². The first-order chi connectivity index (χ1) is 6.66. The Bertz CT molecular complexity index is 185. The lowest BCUT2D eigenvalue weighted by atomic mass is 10.1. The molecule has 0 nitrogen and oxygen atoms in total. The monoisotopic (exact) mass is 306 g/mol. The summed E-state index contributed by atoms with van der Waals surface area (Å²) in [5.74, 6) is 0. The zero-order valence-corrected chi connectivity index (χ0v) is 11.9. The van der Waals surface area contributed by atoms with Gasteiger partial charge in [-0.25, -0.2) is 0 Å². The van der Waals surface area contributed by atoms with Gasteiger partial charge in [0.25, 0.3) is 0 Å². The minimum absolute atomic E-state index is 1.21. The summed E-state index contributed by atoms with van der Waals surface area (Å²) >= 11 is 2.45. The Morgan fingerprint density at radius 1 is 1.00 bits per heavy atom. The van der Waals surface area contributed by atoms with Gasteiger partial charge < -0.3 is 0 Å². The summed E-state index contributed by atoms with van der Waals surface area (Å²) in [5, 5.41) is 0. The predicted molar refractivity (Wildman–Crippen MR) is 75.2 cm³/mol. The van der Waals surface area contributed by atoms with E-state index in [1.165, 1.54) is 42.1 Å². The first-order valence-corrected chi connectivity index (χ1v) is 7.04. The van der Waals surface area contributed by atoms with E-state index in [-0.39, 0.29) is 0 Å². The average molecular weight is 306 g/mol. The van der Waals surface area contributed by atoms with Crippen molar-refractivity contribution >= 4 is 22.6 Å². The molecule has 0 saturated carbocycles. The summed E-state index contributed by atoms with van der Waals surface area (Å²) in [6.45, 7) is 6.59. The standard InChI is InChI=1S/C13H23I/c1-12(2)8-7-10-13(3)9-5-4-6-11-14/h8-9H,4-7,10-11H2,1-3H3/b13-9+. The molecule has 1 heteroatoms. The van der Waals surface area contributed by atoms with Crippen molar-refractivity contribution < 1.29 is 0 Å². The number of rotatable bonds is 7. The van der Waals surface area contributed by atoms with E-state index in [0.717, 1.165) is 0 Å². The fraction of sp³-hybridized carbons (Fsp3) is 0.692. The van der Waals surface area contributed by atoms with Crippen molar-refractivity contribution in [1.29, 1.82) is 0 Å². The quantitative estimate of drug-likeness (QED) is 0.260. The molecule has 0 spiro atoms. The smallest absolute Gasteiger partial charge is 0.000462 e. The summed E-state index contributed by atoms with van der Waals surface area (Å²) < 4.78 is 1.29. The van der Waals surface area contributed by atoms with Crippen molar-refractivity contribution in [3.8, 4) is 0 Å². The van der Waals surface area contributed by atoms with Crippen LogP contribution in [-0.4, -0.2) is 4.43 Å². The van der Waals surface area contributed by atoms with Crippen molar-refractivity contribution in [2.24, 2.45) is 0 Å². The van der Waals surface area contributed by atoms with Gasteiger partial charge in [-0.15, -0.1) is 0 Å². The molecule has 0 amide bonds. The molecule has 0 radical (unpaired) electrons. The van der Waals surface area contributed by atoms with E-state index in [2.05, 4.69) is 55.5 Å². The van der Waals surface area contributed by atoms with Crippen LogP contribution in [0.4, 0.5) is 0 Å². The van der Waals surface area contributed by atoms with Gasteiger partial charge in [-0.1, -0.05) is 45.9 Å². The molecule has 0 aromatic rings. The van der Waals surface area contributed by atoms with Gasteiger partial charge in [-0.2, -0.15) is 0 Å². The molecule has 0 rings (SSSR count). The lowest BCUT2D eigenvalue weighted by Crippen LogP contribution is -1.79. The van der Waals surface area contributed by atoms with Gasteiger partial charge in [0.2, 0.25) is 0 Å². The molecule has 0 heterocycles. The first-order valence-electron chi connectivity index (χ1n) is 5.51. The lowest BCUT2D eigenvalue weighted by Gasteiger charge is -1.99. The summed E-state index contributed by atoms with van der Waals surface area (Å²) in [4.78, 5) is 0. The van der Waals surface area contributed by atoms with Crippen LogP contribution < -0.4 is 0 Å². The molecule has 0 atom stereocenters. The second-order valence-electron chi connectivity index (χ2n) is 4.06. The Kier molecular flexibility index (Phi) is 9.90. The van der Waals surface area contributed by atoms with E-state index in [1.54, 1.807) is 5.57 Å². The van der Waals surface area contributed by atoms with Crippen LogP contribution in [0.2, 0.25) is 0 Å². The Labute approximate surface area is 103 Å². The molecular formula is C13H23I. The third kappa shape index (κ3) is 10.3. The van der Waals surface area contributed by atoms with Gasteiger partial charge >= 0.3 is 0 Å². The molecule has 0 N–H and O–H groups in total.